The summed E-state index contributed by atoms with van der Waals surface area (Å²) in [5.74, 6) is 0. The standard InChI is InChI=1S/C21H16O6S2.Na.H/c22-28(23,20-13-5-9-16-7-1-3-11-18(16)20)26-15-27-29(24,25)21-14-6-10-17-8-2-4-12-19(17)21;;/h1-14H,15H2;;/q;+1;-1. The fraction of sp³-hybridized carbons (Fsp3) is 0.0476. The molecule has 0 aromatic heterocycles. The van der Waals surface area contributed by atoms with E-state index in [1.807, 2.05) is 0 Å². The van der Waals surface area contributed by atoms with Crippen LogP contribution in [0.15, 0.2) is 94.7 Å². The molecule has 4 rings (SSSR count). The molecule has 9 heteroatoms. The molecular weight excluding hydrogens is 435 g/mol. The monoisotopic (exact) mass is 452 g/mol. The third kappa shape index (κ3) is 4.60. The first kappa shape index (κ1) is 22.9. The van der Waals surface area contributed by atoms with Crippen molar-refractivity contribution in [3.63, 3.8) is 0 Å². The summed E-state index contributed by atoms with van der Waals surface area (Å²) >= 11 is 0. The maximum absolute atomic E-state index is 12.6. The summed E-state index contributed by atoms with van der Waals surface area (Å²) in [4.78, 5) is -0.108. The van der Waals surface area contributed by atoms with Crippen molar-refractivity contribution in [3.8, 4) is 0 Å². The van der Waals surface area contributed by atoms with Gasteiger partial charge in [-0.15, -0.1) is 0 Å². The van der Waals surface area contributed by atoms with Gasteiger partial charge in [-0.05, 0) is 22.9 Å². The summed E-state index contributed by atoms with van der Waals surface area (Å²) in [6.07, 6.45) is 0. The molecule has 0 spiro atoms. The first-order chi connectivity index (χ1) is 13.9. The van der Waals surface area contributed by atoms with E-state index in [1.165, 1.54) is 12.1 Å². The minimum Gasteiger partial charge on any atom is -1.00 e. The smallest absolute Gasteiger partial charge is 1.00 e. The summed E-state index contributed by atoms with van der Waals surface area (Å²) < 4.78 is 60.1. The van der Waals surface area contributed by atoms with Gasteiger partial charge in [0, 0.05) is 10.8 Å². The largest absolute Gasteiger partial charge is 1.00 e. The van der Waals surface area contributed by atoms with Gasteiger partial charge in [-0.2, -0.15) is 16.8 Å². The van der Waals surface area contributed by atoms with Gasteiger partial charge in [-0.3, -0.25) is 0 Å². The molecule has 0 fully saturated rings. The van der Waals surface area contributed by atoms with Crippen LogP contribution >= 0.6 is 0 Å². The van der Waals surface area contributed by atoms with Gasteiger partial charge in [0.2, 0.25) is 0 Å². The van der Waals surface area contributed by atoms with E-state index in [4.69, 9.17) is 8.37 Å². The molecule has 4 aromatic carbocycles. The van der Waals surface area contributed by atoms with E-state index in [0.29, 0.717) is 10.8 Å². The maximum atomic E-state index is 12.6. The molecule has 30 heavy (non-hydrogen) atoms. The Labute approximate surface area is 198 Å². The number of benzene rings is 4. The molecule has 0 atom stereocenters. The van der Waals surface area contributed by atoms with Crippen LogP contribution < -0.4 is 29.6 Å². The van der Waals surface area contributed by atoms with E-state index in [1.54, 1.807) is 72.8 Å². The van der Waals surface area contributed by atoms with E-state index < -0.39 is 27.0 Å². The van der Waals surface area contributed by atoms with Crippen molar-refractivity contribution in [2.75, 3.05) is 6.79 Å². The Morgan fingerprint density at radius 3 is 1.37 bits per heavy atom. The molecule has 0 N–H and O–H groups in total. The Morgan fingerprint density at radius 2 is 0.933 bits per heavy atom. The van der Waals surface area contributed by atoms with E-state index in [2.05, 4.69) is 0 Å². The van der Waals surface area contributed by atoms with Crippen LogP contribution in [0.1, 0.15) is 1.43 Å². The molecule has 0 bridgehead atoms. The molecule has 0 unspecified atom stereocenters. The minimum atomic E-state index is -4.22. The second-order valence-corrected chi connectivity index (χ2v) is 9.38. The Bertz CT molecular complexity index is 1300. The quantitative estimate of drug-likeness (QED) is 0.248. The molecule has 0 radical (unpaired) electrons. The van der Waals surface area contributed by atoms with Gasteiger partial charge >= 0.3 is 29.6 Å². The zero-order chi connectivity index (χ0) is 20.5. The molecule has 0 heterocycles. The number of hydrogen-bond acceptors (Lipinski definition) is 6. The Morgan fingerprint density at radius 1 is 0.567 bits per heavy atom. The fourth-order valence-corrected chi connectivity index (χ4v) is 5.17. The summed E-state index contributed by atoms with van der Waals surface area (Å²) in [6.45, 7) is -0.961. The first-order valence-electron chi connectivity index (χ1n) is 8.63. The van der Waals surface area contributed by atoms with Crippen molar-refractivity contribution in [2.45, 2.75) is 9.79 Å². The zero-order valence-corrected chi connectivity index (χ0v) is 19.7. The molecule has 4 aromatic rings. The molecule has 0 saturated heterocycles. The second-order valence-electron chi connectivity index (χ2n) is 6.22. The zero-order valence-electron chi connectivity index (χ0n) is 17.1. The van der Waals surface area contributed by atoms with Crippen molar-refractivity contribution < 1.29 is 56.2 Å². The van der Waals surface area contributed by atoms with Crippen molar-refractivity contribution >= 4 is 41.8 Å². The maximum Gasteiger partial charge on any atom is 1.00 e. The van der Waals surface area contributed by atoms with Crippen LogP contribution in [0.25, 0.3) is 21.5 Å². The van der Waals surface area contributed by atoms with Gasteiger partial charge in [-0.1, -0.05) is 72.8 Å². The van der Waals surface area contributed by atoms with Gasteiger partial charge in [0.05, 0.1) is 0 Å². The van der Waals surface area contributed by atoms with Crippen LogP contribution in [0, 0.1) is 0 Å². The first-order valence-corrected chi connectivity index (χ1v) is 11.4. The van der Waals surface area contributed by atoms with Crippen LogP contribution in [0.3, 0.4) is 0 Å². The SMILES string of the molecule is O=S(=O)(OCOS(=O)(=O)c1cccc2ccccc12)c1cccc2ccccc12.[H-].[Na+]. The topological polar surface area (TPSA) is 86.7 Å². The summed E-state index contributed by atoms with van der Waals surface area (Å²) in [7, 11) is -8.45. The van der Waals surface area contributed by atoms with Crippen molar-refractivity contribution in [3.05, 3.63) is 84.9 Å². The predicted octanol–water partition coefficient (Wildman–Crippen LogP) is 1.18. The van der Waals surface area contributed by atoms with Crippen LogP contribution in [-0.2, 0) is 28.6 Å². The fourth-order valence-electron chi connectivity index (χ4n) is 3.10. The molecule has 0 aliphatic heterocycles. The second kappa shape index (κ2) is 9.15. The minimum absolute atomic E-state index is 0. The number of fused-ring (bicyclic) bond motifs is 2. The van der Waals surface area contributed by atoms with Crippen LogP contribution in [-0.4, -0.2) is 23.6 Å². The van der Waals surface area contributed by atoms with E-state index in [-0.39, 0.29) is 40.8 Å². The van der Waals surface area contributed by atoms with Crippen LogP contribution in [0.2, 0.25) is 0 Å². The average Bonchev–Trinajstić information content (AvgIpc) is 2.72. The molecule has 0 aliphatic rings. The average molecular weight is 452 g/mol. The summed E-state index contributed by atoms with van der Waals surface area (Å²) in [5, 5.41) is 2.40. The van der Waals surface area contributed by atoms with Crippen LogP contribution in [0.5, 0.6) is 0 Å². The summed E-state index contributed by atoms with van der Waals surface area (Å²) in [6, 6.07) is 23.4. The van der Waals surface area contributed by atoms with Crippen molar-refractivity contribution in [1.82, 2.24) is 0 Å². The summed E-state index contributed by atoms with van der Waals surface area (Å²) in [5.41, 5.74) is 0. The van der Waals surface area contributed by atoms with Gasteiger partial charge in [0.25, 0.3) is 20.2 Å². The third-order valence-electron chi connectivity index (χ3n) is 4.44. The van der Waals surface area contributed by atoms with Gasteiger partial charge in [0.1, 0.15) is 9.79 Å². The van der Waals surface area contributed by atoms with Crippen molar-refractivity contribution in [1.29, 1.82) is 0 Å². The molecular formula is C21H17NaO6S2. The van der Waals surface area contributed by atoms with E-state index in [0.717, 1.165) is 10.8 Å². The molecule has 0 amide bonds. The van der Waals surface area contributed by atoms with E-state index in [9.17, 15) is 16.8 Å². The van der Waals surface area contributed by atoms with Gasteiger partial charge < -0.3 is 1.43 Å². The Balaban J connectivity index is 0.00000171. The molecule has 6 nitrogen and oxygen atoms in total. The molecule has 0 aliphatic carbocycles. The number of hydrogen-bond donors (Lipinski definition) is 0. The van der Waals surface area contributed by atoms with Crippen LogP contribution in [0.4, 0.5) is 0 Å². The number of rotatable bonds is 6. The van der Waals surface area contributed by atoms with Gasteiger partial charge in [-0.25, -0.2) is 8.37 Å². The molecule has 0 saturated carbocycles. The third-order valence-corrected chi connectivity index (χ3v) is 7.05. The predicted molar refractivity (Wildman–Crippen MR) is 110 cm³/mol. The normalized spacial score (nSPS) is 12.0. The van der Waals surface area contributed by atoms with Crippen molar-refractivity contribution in [2.24, 2.45) is 0 Å². The molecule has 150 valence electrons. The van der Waals surface area contributed by atoms with Gasteiger partial charge in [0.15, 0.2) is 6.79 Å². The Kier molecular flexibility index (Phi) is 6.98. The van der Waals surface area contributed by atoms with E-state index >= 15 is 0 Å². The Hall–Kier alpha value is -1.78.